The number of aromatic nitrogens is 8. The van der Waals surface area contributed by atoms with Gasteiger partial charge in [-0.25, -0.2) is 0 Å². The first-order valence-electron chi connectivity index (χ1n) is 15.7. The van der Waals surface area contributed by atoms with Gasteiger partial charge in [-0.3, -0.25) is 0 Å². The molecule has 8 N–H and O–H groups in total. The summed E-state index contributed by atoms with van der Waals surface area (Å²) >= 11 is 5.62. The first-order valence-corrected chi connectivity index (χ1v) is 18.9. The Morgan fingerprint density at radius 2 is 0.538 bits per heavy atom. The van der Waals surface area contributed by atoms with E-state index in [1.54, 1.807) is 0 Å². The highest BCUT2D eigenvalue weighted by molar-refractivity contribution is 7.19. The second-order valence-corrected chi connectivity index (χ2v) is 15.3. The molecule has 4 heterocycles. The van der Waals surface area contributed by atoms with Gasteiger partial charge in [-0.2, -0.15) is 0 Å². The highest BCUT2D eigenvalue weighted by atomic mass is 32.1. The minimum atomic E-state index is 0.511. The lowest BCUT2D eigenvalue weighted by molar-refractivity contribution is 1.10. The number of benzene rings is 4. The Hall–Kier alpha value is -5.68. The average Bonchev–Trinajstić information content (AvgIpc) is 3.95. The molecule has 0 atom stereocenters. The highest BCUT2D eigenvalue weighted by Crippen LogP contribution is 2.27. The summed E-state index contributed by atoms with van der Waals surface area (Å²) in [6, 6.07) is 32.5. The fraction of sp³-hybridized carbons (Fsp3) is 0.111. The number of nitrogen functional groups attached to an aromatic ring is 4. The molecule has 0 bridgehead atoms. The maximum absolute atomic E-state index is 5.50. The molecule has 264 valence electrons. The van der Waals surface area contributed by atoms with Crippen molar-refractivity contribution in [3.63, 3.8) is 0 Å². The zero-order chi connectivity index (χ0) is 37.0. The minimum Gasteiger partial charge on any atom is -0.374 e. The normalized spacial score (nSPS) is 10.2. The van der Waals surface area contributed by atoms with E-state index in [9.17, 15) is 0 Å². The molecule has 4 aromatic carbocycles. The van der Waals surface area contributed by atoms with Gasteiger partial charge in [0.1, 0.15) is 20.0 Å². The van der Waals surface area contributed by atoms with Crippen LogP contribution in [0.1, 0.15) is 22.3 Å². The van der Waals surface area contributed by atoms with Crippen LogP contribution in [-0.2, 0) is 0 Å². The van der Waals surface area contributed by atoms with Gasteiger partial charge in [-0.1, -0.05) is 140 Å². The molecule has 0 aliphatic rings. The Bertz CT molecular complexity index is 2020. The molecule has 0 saturated heterocycles. The van der Waals surface area contributed by atoms with Crippen molar-refractivity contribution in [1.82, 2.24) is 40.8 Å². The number of nitrogens with two attached hydrogens (primary N) is 4. The van der Waals surface area contributed by atoms with Gasteiger partial charge in [0, 0.05) is 22.3 Å². The molecule has 8 aromatic rings. The topological polar surface area (TPSA) is 207 Å². The number of rotatable bonds is 4. The molecular formula is C36H36N12S4. The van der Waals surface area contributed by atoms with Crippen LogP contribution in [0.2, 0.25) is 0 Å². The van der Waals surface area contributed by atoms with E-state index >= 15 is 0 Å². The quantitative estimate of drug-likeness (QED) is 0.133. The van der Waals surface area contributed by atoms with E-state index in [1.165, 1.54) is 67.6 Å². The fourth-order valence-electron chi connectivity index (χ4n) is 4.52. The smallest absolute Gasteiger partial charge is 0.203 e. The van der Waals surface area contributed by atoms with Crippen molar-refractivity contribution in [2.45, 2.75) is 27.7 Å². The third-order valence-corrected chi connectivity index (χ3v) is 10.0. The second kappa shape index (κ2) is 18.0. The van der Waals surface area contributed by atoms with Crippen LogP contribution in [-0.4, -0.2) is 40.8 Å². The van der Waals surface area contributed by atoms with Gasteiger partial charge in [0.2, 0.25) is 20.5 Å². The highest BCUT2D eigenvalue weighted by Gasteiger charge is 2.06. The van der Waals surface area contributed by atoms with Crippen LogP contribution in [0, 0.1) is 27.7 Å². The zero-order valence-corrected chi connectivity index (χ0v) is 32.0. The zero-order valence-electron chi connectivity index (χ0n) is 28.8. The molecule has 0 aliphatic carbocycles. The van der Waals surface area contributed by atoms with Gasteiger partial charge in [-0.15, -0.1) is 40.8 Å². The largest absolute Gasteiger partial charge is 0.374 e. The van der Waals surface area contributed by atoms with Crippen LogP contribution >= 0.6 is 45.3 Å². The van der Waals surface area contributed by atoms with Crippen LogP contribution < -0.4 is 22.9 Å². The molecule has 52 heavy (non-hydrogen) atoms. The Labute approximate surface area is 317 Å². The Morgan fingerprint density at radius 3 is 0.692 bits per heavy atom. The van der Waals surface area contributed by atoms with Crippen molar-refractivity contribution in [3.8, 4) is 42.3 Å². The molecule has 8 rings (SSSR count). The average molecular weight is 765 g/mol. The predicted molar refractivity (Wildman–Crippen MR) is 218 cm³/mol. The number of aryl methyl sites for hydroxylation is 4. The van der Waals surface area contributed by atoms with Gasteiger partial charge in [0.15, 0.2) is 0 Å². The van der Waals surface area contributed by atoms with Crippen LogP contribution in [0.4, 0.5) is 20.5 Å². The third-order valence-electron chi connectivity index (χ3n) is 6.82. The second-order valence-electron chi connectivity index (χ2n) is 11.3. The lowest BCUT2D eigenvalue weighted by Crippen LogP contribution is -1.80. The summed E-state index contributed by atoms with van der Waals surface area (Å²) in [4.78, 5) is 0. The summed E-state index contributed by atoms with van der Waals surface area (Å²) in [6.07, 6.45) is 0. The van der Waals surface area contributed by atoms with Gasteiger partial charge in [-0.05, 0) is 52.0 Å². The summed E-state index contributed by atoms with van der Waals surface area (Å²) in [5, 5.41) is 36.5. The van der Waals surface area contributed by atoms with E-state index in [-0.39, 0.29) is 0 Å². The van der Waals surface area contributed by atoms with Crippen molar-refractivity contribution in [2.24, 2.45) is 0 Å². The van der Waals surface area contributed by atoms with Crippen LogP contribution in [0.15, 0.2) is 97.1 Å². The monoisotopic (exact) mass is 764 g/mol. The van der Waals surface area contributed by atoms with Gasteiger partial charge in [0.25, 0.3) is 0 Å². The predicted octanol–water partition coefficient (Wildman–Crippen LogP) is 8.38. The molecule has 0 spiro atoms. The van der Waals surface area contributed by atoms with E-state index in [2.05, 4.69) is 65.1 Å². The molecule has 0 saturated carbocycles. The summed E-state index contributed by atoms with van der Waals surface area (Å²) < 4.78 is 0. The maximum Gasteiger partial charge on any atom is 0.203 e. The van der Waals surface area contributed by atoms with E-state index in [0.29, 0.717) is 20.5 Å². The summed E-state index contributed by atoms with van der Waals surface area (Å²) in [5.41, 5.74) is 31.2. The molecule has 12 nitrogen and oxygen atoms in total. The maximum atomic E-state index is 5.50. The van der Waals surface area contributed by atoms with Crippen molar-refractivity contribution in [1.29, 1.82) is 0 Å². The van der Waals surface area contributed by atoms with E-state index in [0.717, 1.165) is 42.3 Å². The van der Waals surface area contributed by atoms with Crippen molar-refractivity contribution >= 4 is 65.9 Å². The number of nitrogens with zero attached hydrogens (tertiary/aromatic N) is 8. The molecule has 0 fully saturated rings. The molecule has 16 heteroatoms. The van der Waals surface area contributed by atoms with Crippen molar-refractivity contribution in [3.05, 3.63) is 119 Å². The molecule has 0 radical (unpaired) electrons. The number of hydrogen-bond donors (Lipinski definition) is 4. The summed E-state index contributed by atoms with van der Waals surface area (Å²) in [7, 11) is 0. The molecule has 0 unspecified atom stereocenters. The lowest BCUT2D eigenvalue weighted by atomic mass is 10.1. The number of anilines is 4. The van der Waals surface area contributed by atoms with Crippen LogP contribution in [0.3, 0.4) is 0 Å². The summed E-state index contributed by atoms with van der Waals surface area (Å²) in [5.74, 6) is 0. The Morgan fingerprint density at radius 1 is 0.327 bits per heavy atom. The first-order chi connectivity index (χ1) is 25.0. The van der Waals surface area contributed by atoms with E-state index in [4.69, 9.17) is 22.9 Å². The number of hydrogen-bond acceptors (Lipinski definition) is 16. The Kier molecular flexibility index (Phi) is 13.0. The Balaban J connectivity index is 0.000000134. The molecular weight excluding hydrogens is 729 g/mol. The van der Waals surface area contributed by atoms with Gasteiger partial charge >= 0.3 is 0 Å². The van der Waals surface area contributed by atoms with Gasteiger partial charge in [0.05, 0.1) is 0 Å². The fourth-order valence-corrected chi connectivity index (χ4v) is 6.94. The summed E-state index contributed by atoms with van der Waals surface area (Å²) in [6.45, 7) is 8.20. The molecule has 4 aromatic heterocycles. The standard InChI is InChI=1S/4C9H9N3S/c4*1-6-3-2-4-7(5-6)8-11-12-9(10)13-8/h4*2-5H,1H3,(H2,10,12). The molecule has 0 amide bonds. The van der Waals surface area contributed by atoms with Crippen LogP contribution in [0.5, 0.6) is 0 Å². The van der Waals surface area contributed by atoms with Crippen LogP contribution in [0.25, 0.3) is 42.3 Å². The molecule has 0 aliphatic heterocycles. The first kappa shape index (κ1) is 37.6. The van der Waals surface area contributed by atoms with E-state index < -0.39 is 0 Å². The van der Waals surface area contributed by atoms with E-state index in [1.807, 2.05) is 100 Å². The van der Waals surface area contributed by atoms with Gasteiger partial charge < -0.3 is 22.9 Å². The SMILES string of the molecule is Cc1cccc(-c2nnc(N)s2)c1.Cc1cccc(-c2nnc(N)s2)c1.Cc1cccc(-c2nnc(N)s2)c1.Cc1cccc(-c2nnc(N)s2)c1. The van der Waals surface area contributed by atoms with Crippen molar-refractivity contribution in [2.75, 3.05) is 22.9 Å². The minimum absolute atomic E-state index is 0.511. The third kappa shape index (κ3) is 11.2. The van der Waals surface area contributed by atoms with Crippen molar-refractivity contribution < 1.29 is 0 Å². The lowest BCUT2D eigenvalue weighted by Gasteiger charge is -1.95.